The average molecular weight is 406 g/mol. The number of anilines is 2. The molecule has 2 aromatic rings. The van der Waals surface area contributed by atoms with Gasteiger partial charge in [-0.2, -0.15) is 13.2 Å². The summed E-state index contributed by atoms with van der Waals surface area (Å²) in [7, 11) is 1.80. The SMILES string of the molecule is C[NH+](CC(=O)Nc1ccc(N2CCCC2=O)cc1)Cc1ccc(C(F)(F)F)cc1. The van der Waals surface area contributed by atoms with Crippen LogP contribution in [0.25, 0.3) is 0 Å². The molecule has 1 saturated heterocycles. The van der Waals surface area contributed by atoms with Crippen LogP contribution in [0.1, 0.15) is 24.0 Å². The highest BCUT2D eigenvalue weighted by Gasteiger charge is 2.30. The first kappa shape index (κ1) is 20.9. The van der Waals surface area contributed by atoms with Crippen molar-refractivity contribution in [3.8, 4) is 0 Å². The first-order valence-corrected chi connectivity index (χ1v) is 9.40. The van der Waals surface area contributed by atoms with Gasteiger partial charge in [0.1, 0.15) is 6.54 Å². The van der Waals surface area contributed by atoms with Crippen molar-refractivity contribution >= 4 is 23.2 Å². The van der Waals surface area contributed by atoms with Gasteiger partial charge in [0.2, 0.25) is 5.91 Å². The number of benzene rings is 2. The van der Waals surface area contributed by atoms with Gasteiger partial charge in [0.25, 0.3) is 5.91 Å². The molecule has 1 atom stereocenters. The summed E-state index contributed by atoms with van der Waals surface area (Å²) in [5.41, 5.74) is 1.49. The van der Waals surface area contributed by atoms with Crippen LogP contribution in [0, 0.1) is 0 Å². The van der Waals surface area contributed by atoms with E-state index in [0.29, 0.717) is 25.2 Å². The minimum absolute atomic E-state index is 0.107. The number of amides is 2. The lowest BCUT2D eigenvalue weighted by atomic mass is 10.1. The molecule has 3 rings (SSSR count). The number of halogens is 3. The van der Waals surface area contributed by atoms with Gasteiger partial charge in [0.05, 0.1) is 12.6 Å². The molecule has 154 valence electrons. The first-order valence-electron chi connectivity index (χ1n) is 9.40. The fourth-order valence-corrected chi connectivity index (χ4v) is 3.35. The summed E-state index contributed by atoms with van der Waals surface area (Å²) in [6.45, 7) is 1.32. The molecule has 1 fully saturated rings. The van der Waals surface area contributed by atoms with Gasteiger partial charge >= 0.3 is 6.18 Å². The minimum atomic E-state index is -4.35. The van der Waals surface area contributed by atoms with Crippen molar-refractivity contribution in [1.29, 1.82) is 0 Å². The fourth-order valence-electron chi connectivity index (χ4n) is 3.35. The Labute approximate surface area is 167 Å². The lowest BCUT2D eigenvalue weighted by Gasteiger charge is -2.17. The van der Waals surface area contributed by atoms with E-state index in [1.165, 1.54) is 12.1 Å². The smallest absolute Gasteiger partial charge is 0.326 e. The van der Waals surface area contributed by atoms with E-state index in [4.69, 9.17) is 0 Å². The zero-order chi connectivity index (χ0) is 21.0. The lowest BCUT2D eigenvalue weighted by molar-refractivity contribution is -0.885. The standard InChI is InChI=1S/C21H22F3N3O2/c1-26(13-15-4-6-16(7-5-15)21(22,23)24)14-19(28)25-17-8-10-18(11-9-17)27-12-2-3-20(27)29/h4-11H,2-3,12-14H2,1H3,(H,25,28)/p+1. The Hall–Kier alpha value is -2.87. The molecule has 0 bridgehead atoms. The molecule has 0 saturated carbocycles. The maximum atomic E-state index is 12.6. The number of hydrogen-bond acceptors (Lipinski definition) is 2. The molecule has 29 heavy (non-hydrogen) atoms. The van der Waals surface area contributed by atoms with Gasteiger partial charge in [0, 0.05) is 29.9 Å². The summed E-state index contributed by atoms with van der Waals surface area (Å²) in [6.07, 6.45) is -2.94. The number of alkyl halides is 3. The molecule has 0 aromatic heterocycles. The molecular formula is C21H23F3N3O2+. The summed E-state index contributed by atoms with van der Waals surface area (Å²) < 4.78 is 37.8. The van der Waals surface area contributed by atoms with E-state index in [0.717, 1.165) is 34.7 Å². The molecular weight excluding hydrogens is 383 g/mol. The second kappa shape index (κ2) is 8.65. The van der Waals surface area contributed by atoms with Crippen LogP contribution in [-0.4, -0.2) is 32.0 Å². The Morgan fingerprint density at radius 3 is 2.31 bits per heavy atom. The number of quaternary nitrogens is 1. The molecule has 1 heterocycles. The third-order valence-electron chi connectivity index (χ3n) is 4.79. The van der Waals surface area contributed by atoms with Crippen LogP contribution in [0.5, 0.6) is 0 Å². The van der Waals surface area contributed by atoms with E-state index in [-0.39, 0.29) is 18.4 Å². The van der Waals surface area contributed by atoms with E-state index in [1.54, 1.807) is 36.2 Å². The number of nitrogens with one attached hydrogen (secondary N) is 2. The van der Waals surface area contributed by atoms with Crippen molar-refractivity contribution < 1.29 is 27.7 Å². The zero-order valence-electron chi connectivity index (χ0n) is 16.1. The van der Waals surface area contributed by atoms with Gasteiger partial charge in [-0.3, -0.25) is 9.59 Å². The van der Waals surface area contributed by atoms with Gasteiger partial charge in [0.15, 0.2) is 6.54 Å². The summed E-state index contributed by atoms with van der Waals surface area (Å²) in [5, 5.41) is 2.80. The second-order valence-corrected chi connectivity index (χ2v) is 7.25. The molecule has 1 unspecified atom stereocenters. The number of carbonyl (C=O) groups excluding carboxylic acids is 2. The molecule has 8 heteroatoms. The van der Waals surface area contributed by atoms with E-state index in [9.17, 15) is 22.8 Å². The maximum absolute atomic E-state index is 12.6. The number of likely N-dealkylation sites (N-methyl/N-ethyl adjacent to an activating group) is 1. The molecule has 5 nitrogen and oxygen atoms in total. The topological polar surface area (TPSA) is 53.9 Å². The van der Waals surface area contributed by atoms with Gasteiger partial charge in [-0.25, -0.2) is 0 Å². The van der Waals surface area contributed by atoms with Crippen molar-refractivity contribution in [2.24, 2.45) is 0 Å². The van der Waals surface area contributed by atoms with Crippen molar-refractivity contribution in [3.63, 3.8) is 0 Å². The minimum Gasteiger partial charge on any atom is -0.326 e. The molecule has 0 aliphatic carbocycles. The monoisotopic (exact) mass is 406 g/mol. The summed E-state index contributed by atoms with van der Waals surface area (Å²) in [6, 6.07) is 12.1. The van der Waals surface area contributed by atoms with Crippen LogP contribution in [0.4, 0.5) is 24.5 Å². The fraction of sp³-hybridized carbons (Fsp3) is 0.333. The molecule has 0 radical (unpaired) electrons. The van der Waals surface area contributed by atoms with Crippen LogP contribution in [-0.2, 0) is 22.3 Å². The van der Waals surface area contributed by atoms with Gasteiger partial charge in [-0.05, 0) is 42.8 Å². The van der Waals surface area contributed by atoms with E-state index in [2.05, 4.69) is 5.32 Å². The third kappa shape index (κ3) is 5.57. The van der Waals surface area contributed by atoms with Crippen LogP contribution in [0.2, 0.25) is 0 Å². The average Bonchev–Trinajstić information content (AvgIpc) is 3.08. The summed E-state index contributed by atoms with van der Waals surface area (Å²) in [4.78, 5) is 26.6. The number of hydrogen-bond donors (Lipinski definition) is 2. The summed E-state index contributed by atoms with van der Waals surface area (Å²) in [5.74, 6) is -0.0883. The molecule has 1 aliphatic heterocycles. The molecule has 2 amide bonds. The maximum Gasteiger partial charge on any atom is 0.416 e. The quantitative estimate of drug-likeness (QED) is 0.775. The highest BCUT2D eigenvalue weighted by molar-refractivity contribution is 5.96. The molecule has 0 spiro atoms. The highest BCUT2D eigenvalue weighted by Crippen LogP contribution is 2.29. The predicted octanol–water partition coefficient (Wildman–Crippen LogP) is 2.49. The molecule has 2 aromatic carbocycles. The lowest BCUT2D eigenvalue weighted by Crippen LogP contribution is -3.08. The Morgan fingerprint density at radius 2 is 1.76 bits per heavy atom. The van der Waals surface area contributed by atoms with Crippen molar-refractivity contribution in [3.05, 3.63) is 59.7 Å². The highest BCUT2D eigenvalue weighted by atomic mass is 19.4. The number of carbonyl (C=O) groups is 2. The van der Waals surface area contributed by atoms with Gasteiger partial charge in [-0.1, -0.05) is 12.1 Å². The predicted molar refractivity (Wildman–Crippen MR) is 104 cm³/mol. The zero-order valence-corrected chi connectivity index (χ0v) is 16.1. The van der Waals surface area contributed by atoms with Gasteiger partial charge in [-0.15, -0.1) is 0 Å². The number of rotatable bonds is 6. The Bertz CT molecular complexity index is 864. The van der Waals surface area contributed by atoms with Crippen molar-refractivity contribution in [2.45, 2.75) is 25.6 Å². The first-order chi connectivity index (χ1) is 13.7. The Balaban J connectivity index is 1.50. The summed E-state index contributed by atoms with van der Waals surface area (Å²) >= 11 is 0. The van der Waals surface area contributed by atoms with Crippen LogP contribution < -0.4 is 15.1 Å². The van der Waals surface area contributed by atoms with Crippen LogP contribution in [0.3, 0.4) is 0 Å². The van der Waals surface area contributed by atoms with E-state index < -0.39 is 11.7 Å². The van der Waals surface area contributed by atoms with E-state index >= 15 is 0 Å². The van der Waals surface area contributed by atoms with Gasteiger partial charge < -0.3 is 15.1 Å². The largest absolute Gasteiger partial charge is 0.416 e. The Kier molecular flexibility index (Phi) is 6.22. The molecule has 1 aliphatic rings. The normalized spacial score (nSPS) is 15.4. The van der Waals surface area contributed by atoms with Crippen LogP contribution >= 0.6 is 0 Å². The Morgan fingerprint density at radius 1 is 1.10 bits per heavy atom. The van der Waals surface area contributed by atoms with E-state index in [1.807, 2.05) is 0 Å². The number of nitrogens with zero attached hydrogens (tertiary/aromatic N) is 1. The van der Waals surface area contributed by atoms with Crippen molar-refractivity contribution in [1.82, 2.24) is 0 Å². The van der Waals surface area contributed by atoms with Crippen LogP contribution in [0.15, 0.2) is 48.5 Å². The third-order valence-corrected chi connectivity index (χ3v) is 4.79. The van der Waals surface area contributed by atoms with Crippen molar-refractivity contribution in [2.75, 3.05) is 30.4 Å². The molecule has 2 N–H and O–H groups in total. The second-order valence-electron chi connectivity index (χ2n) is 7.25.